The van der Waals surface area contributed by atoms with Crippen LogP contribution in [-0.2, 0) is 4.74 Å². The van der Waals surface area contributed by atoms with Crippen molar-refractivity contribution in [3.8, 4) is 6.07 Å². The first kappa shape index (κ1) is 14.0. The Hall–Kier alpha value is -1.02. The van der Waals surface area contributed by atoms with Gasteiger partial charge in [-0.15, -0.1) is 0 Å². The second-order valence-electron chi connectivity index (χ2n) is 5.03. The Bertz CT molecular complexity index is 377. The predicted molar refractivity (Wildman–Crippen MR) is 68.6 cm³/mol. The number of likely N-dealkylation sites (tertiary alicyclic amines) is 1. The number of hydrogen-bond donors (Lipinski definition) is 0. The van der Waals surface area contributed by atoms with E-state index in [2.05, 4.69) is 22.0 Å². The molecule has 0 bridgehead atoms. The quantitative estimate of drug-likeness (QED) is 0.646. The van der Waals surface area contributed by atoms with Gasteiger partial charge in [0.15, 0.2) is 0 Å². The van der Waals surface area contributed by atoms with Crippen molar-refractivity contribution in [3.63, 3.8) is 0 Å². The van der Waals surface area contributed by atoms with Gasteiger partial charge in [0.05, 0.1) is 4.48 Å². The van der Waals surface area contributed by atoms with Crippen molar-refractivity contribution in [2.24, 2.45) is 0 Å². The molecule has 0 aliphatic carbocycles. The van der Waals surface area contributed by atoms with Crippen LogP contribution in [0.15, 0.2) is 10.1 Å². The van der Waals surface area contributed by atoms with Crippen LogP contribution in [-0.4, -0.2) is 29.7 Å². The van der Waals surface area contributed by atoms with Gasteiger partial charge < -0.3 is 9.64 Å². The van der Waals surface area contributed by atoms with Crippen LogP contribution in [0.4, 0.5) is 4.79 Å². The molecule has 1 heterocycles. The lowest BCUT2D eigenvalue weighted by Crippen LogP contribution is -2.40. The summed E-state index contributed by atoms with van der Waals surface area (Å²) >= 11 is 3.22. The van der Waals surface area contributed by atoms with E-state index in [1.165, 1.54) is 0 Å². The molecule has 1 aliphatic rings. The highest BCUT2D eigenvalue weighted by Gasteiger charge is 2.25. The maximum Gasteiger partial charge on any atom is 0.410 e. The molecule has 1 saturated heterocycles. The van der Waals surface area contributed by atoms with Gasteiger partial charge in [0.2, 0.25) is 0 Å². The molecule has 0 aromatic rings. The average molecular weight is 301 g/mol. The molecule has 17 heavy (non-hydrogen) atoms. The van der Waals surface area contributed by atoms with Gasteiger partial charge in [-0.2, -0.15) is 5.26 Å². The SMILES string of the molecule is CC(C)(C)OC(=O)N1CCCC(=C(Br)C#N)C1. The topological polar surface area (TPSA) is 53.3 Å². The molecular weight excluding hydrogens is 284 g/mol. The maximum atomic E-state index is 11.9. The fraction of sp³-hybridized carbons (Fsp3) is 0.667. The number of rotatable bonds is 0. The molecule has 0 N–H and O–H groups in total. The second kappa shape index (κ2) is 5.54. The summed E-state index contributed by atoms with van der Waals surface area (Å²) in [7, 11) is 0. The van der Waals surface area contributed by atoms with Crippen molar-refractivity contribution in [3.05, 3.63) is 10.1 Å². The van der Waals surface area contributed by atoms with E-state index in [1.807, 2.05) is 20.8 Å². The number of allylic oxidation sites excluding steroid dienone is 1. The lowest BCUT2D eigenvalue weighted by Gasteiger charge is -2.31. The van der Waals surface area contributed by atoms with Crippen LogP contribution in [0.3, 0.4) is 0 Å². The number of carbonyl (C=O) groups excluding carboxylic acids is 1. The molecule has 0 atom stereocenters. The van der Waals surface area contributed by atoms with Crippen molar-refractivity contribution >= 4 is 22.0 Å². The highest BCUT2D eigenvalue weighted by atomic mass is 79.9. The van der Waals surface area contributed by atoms with Gasteiger partial charge >= 0.3 is 6.09 Å². The zero-order valence-corrected chi connectivity index (χ0v) is 12.0. The summed E-state index contributed by atoms with van der Waals surface area (Å²) in [5.41, 5.74) is 0.481. The summed E-state index contributed by atoms with van der Waals surface area (Å²) < 4.78 is 5.84. The third kappa shape index (κ3) is 4.39. The standard InChI is InChI=1S/C12H17BrN2O2/c1-12(2,3)17-11(16)15-6-4-5-9(8-15)10(13)7-14/h4-6,8H2,1-3H3. The fourth-order valence-corrected chi connectivity index (χ4v) is 1.94. The number of ether oxygens (including phenoxy) is 1. The van der Waals surface area contributed by atoms with Crippen LogP contribution >= 0.6 is 15.9 Å². The van der Waals surface area contributed by atoms with Crippen LogP contribution < -0.4 is 0 Å². The number of piperidine rings is 1. The van der Waals surface area contributed by atoms with Crippen LogP contribution in [0.5, 0.6) is 0 Å². The molecule has 1 aliphatic heterocycles. The Kier molecular flexibility index (Phi) is 4.58. The molecule has 1 fully saturated rings. The number of nitrogens with zero attached hydrogens (tertiary/aromatic N) is 2. The Morgan fingerprint density at radius 2 is 2.18 bits per heavy atom. The van der Waals surface area contributed by atoms with Crippen LogP contribution in [0, 0.1) is 11.3 Å². The van der Waals surface area contributed by atoms with Gasteiger partial charge in [0, 0.05) is 13.1 Å². The van der Waals surface area contributed by atoms with E-state index < -0.39 is 5.60 Å². The molecule has 0 unspecified atom stereocenters. The number of amides is 1. The van der Waals surface area contributed by atoms with Crippen LogP contribution in [0.2, 0.25) is 0 Å². The van der Waals surface area contributed by atoms with Gasteiger partial charge in [0.1, 0.15) is 11.7 Å². The first-order chi connectivity index (χ1) is 7.83. The number of carbonyl (C=O) groups is 1. The Balaban J connectivity index is 2.68. The van der Waals surface area contributed by atoms with E-state index >= 15 is 0 Å². The monoisotopic (exact) mass is 300 g/mol. The molecule has 1 amide bonds. The summed E-state index contributed by atoms with van der Waals surface area (Å²) in [5.74, 6) is 0. The molecule has 5 heteroatoms. The van der Waals surface area contributed by atoms with E-state index in [0.717, 1.165) is 18.4 Å². The molecule has 94 valence electrons. The minimum Gasteiger partial charge on any atom is -0.444 e. The zero-order valence-electron chi connectivity index (χ0n) is 10.4. The van der Waals surface area contributed by atoms with E-state index in [9.17, 15) is 4.79 Å². The second-order valence-corrected chi connectivity index (χ2v) is 5.83. The summed E-state index contributed by atoms with van der Waals surface area (Å²) in [4.78, 5) is 13.5. The number of halogens is 1. The highest BCUT2D eigenvalue weighted by Crippen LogP contribution is 2.23. The normalized spacial score (nSPS) is 19.6. The van der Waals surface area contributed by atoms with Crippen molar-refractivity contribution in [1.29, 1.82) is 5.26 Å². The van der Waals surface area contributed by atoms with Crippen molar-refractivity contribution in [2.75, 3.05) is 13.1 Å². The molecule has 0 aromatic carbocycles. The molecule has 1 rings (SSSR count). The van der Waals surface area contributed by atoms with E-state index in [0.29, 0.717) is 17.6 Å². The van der Waals surface area contributed by atoms with Gasteiger partial charge in [-0.3, -0.25) is 0 Å². The lowest BCUT2D eigenvalue weighted by atomic mass is 10.1. The van der Waals surface area contributed by atoms with Gasteiger partial charge in [-0.1, -0.05) is 0 Å². The van der Waals surface area contributed by atoms with Gasteiger partial charge in [-0.05, 0) is 55.1 Å². The zero-order chi connectivity index (χ0) is 13.1. The first-order valence-electron chi connectivity index (χ1n) is 5.59. The first-order valence-corrected chi connectivity index (χ1v) is 6.38. The van der Waals surface area contributed by atoms with E-state index in [1.54, 1.807) is 4.90 Å². The summed E-state index contributed by atoms with van der Waals surface area (Å²) in [5, 5.41) is 8.81. The molecule has 4 nitrogen and oxygen atoms in total. The van der Waals surface area contributed by atoms with Crippen LogP contribution in [0.25, 0.3) is 0 Å². The Morgan fingerprint density at radius 1 is 1.53 bits per heavy atom. The van der Waals surface area contributed by atoms with Crippen molar-refractivity contribution in [2.45, 2.75) is 39.2 Å². The fourth-order valence-electron chi connectivity index (χ4n) is 1.61. The smallest absolute Gasteiger partial charge is 0.410 e. The summed E-state index contributed by atoms with van der Waals surface area (Å²) in [6.45, 7) is 6.69. The molecule has 0 radical (unpaired) electrons. The van der Waals surface area contributed by atoms with Crippen molar-refractivity contribution in [1.82, 2.24) is 4.90 Å². The maximum absolute atomic E-state index is 11.9. The highest BCUT2D eigenvalue weighted by molar-refractivity contribution is 9.12. The largest absolute Gasteiger partial charge is 0.444 e. The average Bonchev–Trinajstić information content (AvgIpc) is 2.26. The summed E-state index contributed by atoms with van der Waals surface area (Å²) in [6.07, 6.45) is 1.41. The third-order valence-electron chi connectivity index (χ3n) is 2.35. The van der Waals surface area contributed by atoms with E-state index in [4.69, 9.17) is 10.00 Å². The summed E-state index contributed by atoms with van der Waals surface area (Å²) in [6, 6.07) is 2.06. The minimum absolute atomic E-state index is 0.312. The van der Waals surface area contributed by atoms with Crippen molar-refractivity contribution < 1.29 is 9.53 Å². The number of nitriles is 1. The minimum atomic E-state index is -0.481. The van der Waals surface area contributed by atoms with Gasteiger partial charge in [0.25, 0.3) is 0 Å². The van der Waals surface area contributed by atoms with E-state index in [-0.39, 0.29) is 6.09 Å². The predicted octanol–water partition coefficient (Wildman–Crippen LogP) is 3.19. The third-order valence-corrected chi connectivity index (χ3v) is 3.09. The molecule has 0 saturated carbocycles. The molecular formula is C12H17BrN2O2. The number of hydrogen-bond acceptors (Lipinski definition) is 3. The van der Waals surface area contributed by atoms with Crippen LogP contribution in [0.1, 0.15) is 33.6 Å². The molecule has 0 spiro atoms. The molecule has 0 aromatic heterocycles. The lowest BCUT2D eigenvalue weighted by molar-refractivity contribution is 0.0247. The Labute approximate surface area is 110 Å². The van der Waals surface area contributed by atoms with Gasteiger partial charge in [-0.25, -0.2) is 4.79 Å². The Morgan fingerprint density at radius 3 is 2.71 bits per heavy atom.